The molecular formula is C22H31N5. The van der Waals surface area contributed by atoms with Crippen LogP contribution in [-0.4, -0.2) is 34.1 Å². The fraction of sp³-hybridized carbons (Fsp3) is 0.591. The van der Waals surface area contributed by atoms with Gasteiger partial charge in [0.15, 0.2) is 0 Å². The van der Waals surface area contributed by atoms with Crippen molar-refractivity contribution in [3.8, 4) is 0 Å². The lowest BCUT2D eigenvalue weighted by Gasteiger charge is -2.36. The SMILES string of the molecule is CCc1cnc(C)nc1N1CCC(NC(c2cccc(C)n2)C2CC2)CC1. The predicted octanol–water partition coefficient (Wildman–Crippen LogP) is 3.76. The first-order valence-corrected chi connectivity index (χ1v) is 10.4. The van der Waals surface area contributed by atoms with E-state index in [1.807, 2.05) is 13.1 Å². The van der Waals surface area contributed by atoms with Crippen LogP contribution in [0.3, 0.4) is 0 Å². The van der Waals surface area contributed by atoms with Crippen molar-refractivity contribution >= 4 is 5.82 Å². The highest BCUT2D eigenvalue weighted by Gasteiger charge is 2.35. The molecule has 1 saturated heterocycles. The largest absolute Gasteiger partial charge is 0.356 e. The molecule has 1 aliphatic heterocycles. The molecule has 2 aliphatic rings. The first-order chi connectivity index (χ1) is 13.1. The Morgan fingerprint density at radius 3 is 2.56 bits per heavy atom. The van der Waals surface area contributed by atoms with E-state index in [0.717, 1.165) is 55.6 Å². The summed E-state index contributed by atoms with van der Waals surface area (Å²) < 4.78 is 0. The number of nitrogens with zero attached hydrogens (tertiary/aromatic N) is 4. The number of rotatable bonds is 6. The molecular weight excluding hydrogens is 334 g/mol. The first-order valence-electron chi connectivity index (χ1n) is 10.4. The Labute approximate surface area is 162 Å². The second kappa shape index (κ2) is 7.93. The molecule has 1 atom stereocenters. The lowest BCUT2D eigenvalue weighted by molar-refractivity contribution is 0.344. The van der Waals surface area contributed by atoms with Crippen LogP contribution in [0.15, 0.2) is 24.4 Å². The number of pyridine rings is 1. The van der Waals surface area contributed by atoms with E-state index in [-0.39, 0.29) is 0 Å². The van der Waals surface area contributed by atoms with E-state index in [0.29, 0.717) is 12.1 Å². The van der Waals surface area contributed by atoms with Crippen molar-refractivity contribution in [2.45, 2.75) is 65.0 Å². The van der Waals surface area contributed by atoms with Crippen molar-refractivity contribution in [2.75, 3.05) is 18.0 Å². The monoisotopic (exact) mass is 365 g/mol. The third-order valence-electron chi connectivity index (χ3n) is 5.87. The highest BCUT2D eigenvalue weighted by atomic mass is 15.2. The van der Waals surface area contributed by atoms with E-state index in [9.17, 15) is 0 Å². The van der Waals surface area contributed by atoms with Gasteiger partial charge < -0.3 is 10.2 Å². The van der Waals surface area contributed by atoms with Gasteiger partial charge in [-0.25, -0.2) is 9.97 Å². The Balaban J connectivity index is 1.41. The van der Waals surface area contributed by atoms with Gasteiger partial charge in [-0.15, -0.1) is 0 Å². The minimum Gasteiger partial charge on any atom is -0.356 e. The van der Waals surface area contributed by atoms with Gasteiger partial charge in [-0.3, -0.25) is 4.98 Å². The topological polar surface area (TPSA) is 53.9 Å². The Morgan fingerprint density at radius 2 is 1.89 bits per heavy atom. The molecule has 2 fully saturated rings. The van der Waals surface area contributed by atoms with Crippen LogP contribution in [0.5, 0.6) is 0 Å². The van der Waals surface area contributed by atoms with Gasteiger partial charge in [0.2, 0.25) is 0 Å². The summed E-state index contributed by atoms with van der Waals surface area (Å²) in [7, 11) is 0. The smallest absolute Gasteiger partial charge is 0.135 e. The molecule has 144 valence electrons. The van der Waals surface area contributed by atoms with Crippen LogP contribution in [-0.2, 0) is 6.42 Å². The van der Waals surface area contributed by atoms with Gasteiger partial charge in [0.05, 0.1) is 11.7 Å². The van der Waals surface area contributed by atoms with Crippen molar-refractivity contribution in [2.24, 2.45) is 5.92 Å². The van der Waals surface area contributed by atoms with Crippen LogP contribution in [0, 0.1) is 19.8 Å². The summed E-state index contributed by atoms with van der Waals surface area (Å²) in [5, 5.41) is 3.95. The molecule has 0 aromatic carbocycles. The number of hydrogen-bond donors (Lipinski definition) is 1. The van der Waals surface area contributed by atoms with Crippen LogP contribution in [0.25, 0.3) is 0 Å². The maximum atomic E-state index is 4.81. The zero-order chi connectivity index (χ0) is 18.8. The summed E-state index contributed by atoms with van der Waals surface area (Å²) in [5.74, 6) is 2.76. The number of aromatic nitrogens is 3. The molecule has 0 bridgehead atoms. The minimum atomic E-state index is 0.411. The van der Waals surface area contributed by atoms with Crippen LogP contribution >= 0.6 is 0 Å². The Morgan fingerprint density at radius 1 is 1.11 bits per heavy atom. The Kier molecular flexibility index (Phi) is 5.39. The van der Waals surface area contributed by atoms with Crippen LogP contribution in [0.2, 0.25) is 0 Å². The molecule has 0 spiro atoms. The van der Waals surface area contributed by atoms with Crippen molar-refractivity contribution in [3.63, 3.8) is 0 Å². The highest BCUT2D eigenvalue weighted by Crippen LogP contribution is 2.41. The normalized spacial score (nSPS) is 19.3. The Bertz CT molecular complexity index is 778. The van der Waals surface area contributed by atoms with E-state index >= 15 is 0 Å². The molecule has 0 amide bonds. The number of hydrogen-bond acceptors (Lipinski definition) is 5. The van der Waals surface area contributed by atoms with Gasteiger partial charge in [0.1, 0.15) is 11.6 Å². The van der Waals surface area contributed by atoms with E-state index in [1.165, 1.54) is 24.1 Å². The molecule has 1 aliphatic carbocycles. The third-order valence-corrected chi connectivity index (χ3v) is 5.87. The third kappa shape index (κ3) is 4.29. The molecule has 4 rings (SSSR count). The maximum Gasteiger partial charge on any atom is 0.135 e. The standard InChI is InChI=1S/C22H31N5/c1-4-17-14-23-16(3)25-22(17)27-12-10-19(11-13-27)26-21(18-8-9-18)20-7-5-6-15(2)24-20/h5-7,14,18-19,21,26H,4,8-13H2,1-3H3. The molecule has 2 aromatic heterocycles. The minimum absolute atomic E-state index is 0.411. The molecule has 1 saturated carbocycles. The summed E-state index contributed by atoms with van der Waals surface area (Å²) >= 11 is 0. The first kappa shape index (κ1) is 18.4. The summed E-state index contributed by atoms with van der Waals surface area (Å²) in [4.78, 5) is 16.4. The van der Waals surface area contributed by atoms with Crippen LogP contribution < -0.4 is 10.2 Å². The quantitative estimate of drug-likeness (QED) is 0.845. The summed E-state index contributed by atoms with van der Waals surface area (Å²) in [6, 6.07) is 7.38. The zero-order valence-corrected chi connectivity index (χ0v) is 16.8. The maximum absolute atomic E-state index is 4.81. The summed E-state index contributed by atoms with van der Waals surface area (Å²) in [5.41, 5.74) is 3.59. The summed E-state index contributed by atoms with van der Waals surface area (Å²) in [6.45, 7) is 8.35. The molecule has 27 heavy (non-hydrogen) atoms. The van der Waals surface area contributed by atoms with Gasteiger partial charge in [0.25, 0.3) is 0 Å². The van der Waals surface area contributed by atoms with Crippen LogP contribution in [0.4, 0.5) is 5.82 Å². The zero-order valence-electron chi connectivity index (χ0n) is 16.8. The fourth-order valence-electron chi connectivity index (χ4n) is 4.15. The number of aryl methyl sites for hydroxylation is 3. The highest BCUT2D eigenvalue weighted by molar-refractivity contribution is 5.46. The second-order valence-corrected chi connectivity index (χ2v) is 8.07. The van der Waals surface area contributed by atoms with Crippen molar-refractivity contribution in [3.05, 3.63) is 47.2 Å². The predicted molar refractivity (Wildman–Crippen MR) is 109 cm³/mol. The molecule has 2 aromatic rings. The lowest BCUT2D eigenvalue weighted by Crippen LogP contribution is -2.45. The van der Waals surface area contributed by atoms with Gasteiger partial charge >= 0.3 is 0 Å². The van der Waals surface area contributed by atoms with Crippen LogP contribution in [0.1, 0.15) is 61.4 Å². The van der Waals surface area contributed by atoms with Gasteiger partial charge in [-0.2, -0.15) is 0 Å². The van der Waals surface area contributed by atoms with Crippen molar-refractivity contribution in [1.82, 2.24) is 20.3 Å². The molecule has 3 heterocycles. The van der Waals surface area contributed by atoms with E-state index in [4.69, 9.17) is 9.97 Å². The van der Waals surface area contributed by atoms with E-state index in [1.54, 1.807) is 0 Å². The molecule has 1 N–H and O–H groups in total. The molecule has 1 unspecified atom stereocenters. The number of anilines is 1. The molecule has 0 radical (unpaired) electrons. The lowest BCUT2D eigenvalue weighted by atomic mass is 10.00. The average Bonchev–Trinajstić information content (AvgIpc) is 3.51. The van der Waals surface area contributed by atoms with Gasteiger partial charge in [0, 0.05) is 36.6 Å². The van der Waals surface area contributed by atoms with Gasteiger partial charge in [-0.1, -0.05) is 13.0 Å². The average molecular weight is 366 g/mol. The second-order valence-electron chi connectivity index (χ2n) is 8.07. The molecule has 5 nitrogen and oxygen atoms in total. The van der Waals surface area contributed by atoms with E-state index < -0.39 is 0 Å². The van der Waals surface area contributed by atoms with Gasteiger partial charge in [-0.05, 0) is 64.0 Å². The van der Waals surface area contributed by atoms with Crippen molar-refractivity contribution in [1.29, 1.82) is 0 Å². The fourth-order valence-corrected chi connectivity index (χ4v) is 4.15. The van der Waals surface area contributed by atoms with E-state index in [2.05, 4.69) is 47.2 Å². The number of nitrogens with one attached hydrogen (secondary N) is 1. The number of piperidine rings is 1. The van der Waals surface area contributed by atoms with Crippen molar-refractivity contribution < 1.29 is 0 Å². The summed E-state index contributed by atoms with van der Waals surface area (Å²) in [6.07, 6.45) is 7.94. The Hall–Kier alpha value is -2.01. The molecule has 5 heteroatoms.